The molecule has 0 fully saturated rings. The Hall–Kier alpha value is -0.550. The predicted octanol–water partition coefficient (Wildman–Crippen LogP) is 2.04. The second-order valence-corrected chi connectivity index (χ2v) is 3.53. The first-order valence-corrected chi connectivity index (χ1v) is 5.02. The molecule has 5 heteroatoms. The van der Waals surface area contributed by atoms with Gasteiger partial charge in [-0.15, -0.1) is 6.58 Å². The summed E-state index contributed by atoms with van der Waals surface area (Å²) in [6.07, 6.45) is -0.323. The van der Waals surface area contributed by atoms with Gasteiger partial charge in [-0.25, -0.2) is 0 Å². The van der Waals surface area contributed by atoms with Crippen LogP contribution in [0.5, 0.6) is 0 Å². The van der Waals surface area contributed by atoms with Crippen molar-refractivity contribution in [3.8, 4) is 0 Å². The van der Waals surface area contributed by atoms with Gasteiger partial charge in [0.2, 0.25) is 0 Å². The first kappa shape index (κ1) is 14.5. The molecule has 0 bridgehead atoms. The molecule has 0 aromatic carbocycles. The average molecular weight is 224 g/mol. The van der Waals surface area contributed by atoms with E-state index in [1.165, 1.54) is 0 Å². The minimum absolute atomic E-state index is 0.365. The summed E-state index contributed by atoms with van der Waals surface area (Å²) < 4.78 is 35.2. The molecule has 15 heavy (non-hydrogen) atoms. The normalized spacial score (nSPS) is 12.1. The van der Waals surface area contributed by atoms with E-state index in [0.29, 0.717) is 13.1 Å². The number of rotatable bonds is 8. The fourth-order valence-corrected chi connectivity index (χ4v) is 1.12. The number of nitrogens with zero attached hydrogens (tertiary/aromatic N) is 1. The van der Waals surface area contributed by atoms with Crippen molar-refractivity contribution in [1.29, 1.82) is 0 Å². The third-order valence-corrected chi connectivity index (χ3v) is 1.94. The summed E-state index contributed by atoms with van der Waals surface area (Å²) in [7, 11) is 1.90. The molecular formula is C10H19F3N2. The minimum atomic E-state index is -4.11. The van der Waals surface area contributed by atoms with Crippen LogP contribution < -0.4 is 5.32 Å². The Morgan fingerprint density at radius 3 is 2.53 bits per heavy atom. The average Bonchev–Trinajstić information content (AvgIpc) is 2.11. The molecule has 0 aromatic heterocycles. The van der Waals surface area contributed by atoms with Crippen LogP contribution in [-0.2, 0) is 0 Å². The van der Waals surface area contributed by atoms with Gasteiger partial charge >= 0.3 is 6.18 Å². The largest absolute Gasteiger partial charge is 0.401 e. The molecule has 0 saturated heterocycles. The van der Waals surface area contributed by atoms with E-state index in [0.717, 1.165) is 19.4 Å². The molecule has 1 N–H and O–H groups in total. The Labute approximate surface area is 89.1 Å². The zero-order valence-electron chi connectivity index (χ0n) is 9.11. The molecule has 0 atom stereocenters. The molecule has 2 nitrogen and oxygen atoms in total. The Balaban J connectivity index is 3.31. The zero-order chi connectivity index (χ0) is 11.7. The maximum absolute atomic E-state index is 11.7. The lowest BCUT2D eigenvalue weighted by Gasteiger charge is -2.16. The molecule has 0 aliphatic carbocycles. The SMILES string of the molecule is C=CCCCN(C)CCNCC(F)(F)F. The molecule has 0 radical (unpaired) electrons. The van der Waals surface area contributed by atoms with Crippen LogP contribution in [0.25, 0.3) is 0 Å². The maximum atomic E-state index is 11.7. The summed E-state index contributed by atoms with van der Waals surface area (Å²) in [5.74, 6) is 0. The molecule has 0 saturated carbocycles. The molecule has 0 unspecified atom stereocenters. The van der Waals surface area contributed by atoms with Gasteiger partial charge in [-0.3, -0.25) is 0 Å². The smallest absolute Gasteiger partial charge is 0.307 e. The van der Waals surface area contributed by atoms with Crippen molar-refractivity contribution >= 4 is 0 Å². The highest BCUT2D eigenvalue weighted by Gasteiger charge is 2.25. The van der Waals surface area contributed by atoms with Crippen LogP contribution in [-0.4, -0.2) is 44.3 Å². The van der Waals surface area contributed by atoms with E-state index in [1.807, 2.05) is 18.0 Å². The number of unbranched alkanes of at least 4 members (excludes halogenated alkanes) is 1. The lowest BCUT2D eigenvalue weighted by molar-refractivity contribution is -0.124. The van der Waals surface area contributed by atoms with Crippen molar-refractivity contribution in [2.75, 3.05) is 33.2 Å². The highest BCUT2D eigenvalue weighted by molar-refractivity contribution is 4.67. The first-order chi connectivity index (χ1) is 6.95. The van der Waals surface area contributed by atoms with Crippen molar-refractivity contribution in [1.82, 2.24) is 10.2 Å². The zero-order valence-corrected chi connectivity index (χ0v) is 9.11. The Morgan fingerprint density at radius 2 is 2.00 bits per heavy atom. The van der Waals surface area contributed by atoms with Crippen molar-refractivity contribution in [2.45, 2.75) is 19.0 Å². The monoisotopic (exact) mass is 224 g/mol. The number of halogens is 3. The van der Waals surface area contributed by atoms with Gasteiger partial charge in [0, 0.05) is 13.1 Å². The van der Waals surface area contributed by atoms with Crippen molar-refractivity contribution in [2.24, 2.45) is 0 Å². The van der Waals surface area contributed by atoms with Crippen molar-refractivity contribution in [3.63, 3.8) is 0 Å². The van der Waals surface area contributed by atoms with Crippen LogP contribution in [0.1, 0.15) is 12.8 Å². The third-order valence-electron chi connectivity index (χ3n) is 1.94. The molecule has 90 valence electrons. The molecule has 0 rings (SSSR count). The predicted molar refractivity (Wildman–Crippen MR) is 55.9 cm³/mol. The van der Waals surface area contributed by atoms with Gasteiger partial charge in [-0.2, -0.15) is 13.2 Å². The highest BCUT2D eigenvalue weighted by atomic mass is 19.4. The van der Waals surface area contributed by atoms with Crippen LogP contribution >= 0.6 is 0 Å². The quantitative estimate of drug-likeness (QED) is 0.501. The fourth-order valence-electron chi connectivity index (χ4n) is 1.12. The van der Waals surface area contributed by atoms with Gasteiger partial charge in [0.15, 0.2) is 0 Å². The minimum Gasteiger partial charge on any atom is -0.307 e. The lowest BCUT2D eigenvalue weighted by Crippen LogP contribution is -2.35. The topological polar surface area (TPSA) is 15.3 Å². The maximum Gasteiger partial charge on any atom is 0.401 e. The number of allylic oxidation sites excluding steroid dienone is 1. The van der Waals surface area contributed by atoms with Crippen LogP contribution in [0, 0.1) is 0 Å². The highest BCUT2D eigenvalue weighted by Crippen LogP contribution is 2.11. The van der Waals surface area contributed by atoms with Gasteiger partial charge in [0.1, 0.15) is 0 Å². The lowest BCUT2D eigenvalue weighted by atomic mass is 10.3. The number of likely N-dealkylation sites (N-methyl/N-ethyl adjacent to an activating group) is 1. The van der Waals surface area contributed by atoms with Crippen LogP contribution in [0.3, 0.4) is 0 Å². The van der Waals surface area contributed by atoms with Crippen LogP contribution in [0.4, 0.5) is 13.2 Å². The van der Waals surface area contributed by atoms with E-state index in [1.54, 1.807) is 0 Å². The Morgan fingerprint density at radius 1 is 1.33 bits per heavy atom. The first-order valence-electron chi connectivity index (χ1n) is 5.02. The van der Waals surface area contributed by atoms with Crippen molar-refractivity contribution < 1.29 is 13.2 Å². The summed E-state index contributed by atoms with van der Waals surface area (Å²) in [5.41, 5.74) is 0. The van der Waals surface area contributed by atoms with Crippen LogP contribution in [0.2, 0.25) is 0 Å². The molecule has 0 aliphatic rings. The second kappa shape index (κ2) is 7.70. The molecule has 0 spiro atoms. The fraction of sp³-hybridized carbons (Fsp3) is 0.800. The molecule has 0 amide bonds. The van der Waals surface area contributed by atoms with E-state index >= 15 is 0 Å². The second-order valence-electron chi connectivity index (χ2n) is 3.53. The number of hydrogen-bond donors (Lipinski definition) is 1. The molecular weight excluding hydrogens is 205 g/mol. The summed E-state index contributed by atoms with van der Waals surface area (Å²) >= 11 is 0. The number of nitrogens with one attached hydrogen (secondary N) is 1. The van der Waals surface area contributed by atoms with E-state index in [9.17, 15) is 13.2 Å². The molecule has 0 aromatic rings. The molecule has 0 aliphatic heterocycles. The van der Waals surface area contributed by atoms with E-state index < -0.39 is 12.7 Å². The van der Waals surface area contributed by atoms with E-state index in [2.05, 4.69) is 11.9 Å². The Bertz CT molecular complexity index is 169. The number of alkyl halides is 3. The number of hydrogen-bond acceptors (Lipinski definition) is 2. The van der Waals surface area contributed by atoms with Gasteiger partial charge in [-0.05, 0) is 26.4 Å². The van der Waals surface area contributed by atoms with Gasteiger partial charge in [0.25, 0.3) is 0 Å². The molecule has 0 heterocycles. The summed E-state index contributed by atoms with van der Waals surface area (Å²) in [4.78, 5) is 2.01. The van der Waals surface area contributed by atoms with Gasteiger partial charge in [0.05, 0.1) is 6.54 Å². The summed E-state index contributed by atoms with van der Waals surface area (Å²) in [6.45, 7) is 4.58. The van der Waals surface area contributed by atoms with Crippen LogP contribution in [0.15, 0.2) is 12.7 Å². The van der Waals surface area contributed by atoms with Gasteiger partial charge < -0.3 is 10.2 Å². The van der Waals surface area contributed by atoms with Gasteiger partial charge in [-0.1, -0.05) is 6.08 Å². The van der Waals surface area contributed by atoms with E-state index in [4.69, 9.17) is 0 Å². The summed E-state index contributed by atoms with van der Waals surface area (Å²) in [5, 5.41) is 2.36. The standard InChI is InChI=1S/C10H19F3N2/c1-3-4-5-7-15(2)8-6-14-9-10(11,12)13/h3,14H,1,4-9H2,2H3. The Kier molecular flexibility index (Phi) is 7.42. The third kappa shape index (κ3) is 11.4. The van der Waals surface area contributed by atoms with Crippen molar-refractivity contribution in [3.05, 3.63) is 12.7 Å². The van der Waals surface area contributed by atoms with E-state index in [-0.39, 0.29) is 0 Å². The summed E-state index contributed by atoms with van der Waals surface area (Å²) in [6, 6.07) is 0.